The molecule has 0 saturated carbocycles. The number of morpholine rings is 1. The monoisotopic (exact) mass is 242 g/mol. The fraction of sp³-hybridized carbons (Fsp3) is 0.800. The molecule has 1 aromatic heterocycles. The second kappa shape index (κ2) is 3.85. The largest absolute Gasteiger partial charge is 0.369 e. The molecule has 16 heavy (non-hydrogen) atoms. The molecule has 2 heterocycles. The molecule has 90 valence electrons. The molecule has 1 saturated heterocycles. The number of rotatable bonds is 1. The van der Waals surface area contributed by atoms with E-state index in [0.717, 1.165) is 19.0 Å². The predicted octanol–water partition coefficient (Wildman–Crippen LogP) is 1.48. The lowest BCUT2D eigenvalue weighted by Gasteiger charge is -2.41. The highest BCUT2D eigenvalue weighted by atomic mass is 32.1. The van der Waals surface area contributed by atoms with Gasteiger partial charge in [0, 0.05) is 20.1 Å². The third-order valence-corrected chi connectivity index (χ3v) is 3.07. The lowest BCUT2D eigenvalue weighted by Crippen LogP contribution is -2.52. The van der Waals surface area contributed by atoms with E-state index in [2.05, 4.69) is 35.9 Å². The van der Waals surface area contributed by atoms with Gasteiger partial charge in [-0.15, -0.1) is 5.10 Å². The van der Waals surface area contributed by atoms with Crippen molar-refractivity contribution in [3.8, 4) is 0 Å². The summed E-state index contributed by atoms with van der Waals surface area (Å²) >= 11 is 5.12. The quantitative estimate of drug-likeness (QED) is 0.758. The van der Waals surface area contributed by atoms with Gasteiger partial charge in [-0.3, -0.25) is 4.57 Å². The number of nitrogens with one attached hydrogen (secondary N) is 1. The summed E-state index contributed by atoms with van der Waals surface area (Å²) < 4.78 is 8.39. The Kier molecular flexibility index (Phi) is 2.79. The molecule has 0 aromatic carbocycles. The van der Waals surface area contributed by atoms with Gasteiger partial charge in [-0.2, -0.15) is 0 Å². The maximum Gasteiger partial charge on any atom is 0.225 e. The van der Waals surface area contributed by atoms with E-state index in [-0.39, 0.29) is 11.7 Å². The van der Waals surface area contributed by atoms with Crippen LogP contribution >= 0.6 is 12.2 Å². The fourth-order valence-electron chi connectivity index (χ4n) is 2.23. The second-order valence-electron chi connectivity index (χ2n) is 4.96. The standard InChI is InChI=1S/C10H18N4OS/c1-7-5-14(6-10(2,3)15-7)8-11-12-9(16)13(8)4/h7H,5-6H2,1-4H3,(H,12,16). The lowest BCUT2D eigenvalue weighted by molar-refractivity contribution is -0.0754. The van der Waals surface area contributed by atoms with E-state index >= 15 is 0 Å². The molecule has 0 aliphatic carbocycles. The highest BCUT2D eigenvalue weighted by Gasteiger charge is 2.33. The van der Waals surface area contributed by atoms with Gasteiger partial charge in [0.25, 0.3) is 0 Å². The van der Waals surface area contributed by atoms with E-state index in [0.29, 0.717) is 4.77 Å². The van der Waals surface area contributed by atoms with Crippen molar-refractivity contribution in [3.63, 3.8) is 0 Å². The van der Waals surface area contributed by atoms with E-state index in [1.54, 1.807) is 0 Å². The van der Waals surface area contributed by atoms with Crippen LogP contribution in [0.2, 0.25) is 0 Å². The molecule has 1 unspecified atom stereocenters. The first-order valence-corrected chi connectivity index (χ1v) is 5.84. The first-order valence-electron chi connectivity index (χ1n) is 5.43. The zero-order valence-corrected chi connectivity index (χ0v) is 11.0. The number of anilines is 1. The first-order chi connectivity index (χ1) is 7.39. The number of hydrogen-bond donors (Lipinski definition) is 1. The van der Waals surface area contributed by atoms with Crippen LogP contribution in [0.1, 0.15) is 20.8 Å². The average Bonchev–Trinajstić information content (AvgIpc) is 2.44. The van der Waals surface area contributed by atoms with Crippen LogP contribution in [-0.2, 0) is 11.8 Å². The first kappa shape index (κ1) is 11.6. The molecule has 1 aliphatic rings. The average molecular weight is 242 g/mol. The maximum absolute atomic E-state index is 5.86. The highest BCUT2D eigenvalue weighted by molar-refractivity contribution is 7.71. The normalized spacial score (nSPS) is 24.8. The molecule has 0 spiro atoms. The van der Waals surface area contributed by atoms with Gasteiger partial charge in [-0.1, -0.05) is 0 Å². The molecular weight excluding hydrogens is 224 g/mol. The second-order valence-corrected chi connectivity index (χ2v) is 5.34. The minimum Gasteiger partial charge on any atom is -0.369 e. The molecule has 1 N–H and O–H groups in total. The molecule has 0 radical (unpaired) electrons. The summed E-state index contributed by atoms with van der Waals surface area (Å²) in [5.74, 6) is 0.883. The van der Waals surface area contributed by atoms with Gasteiger partial charge in [0.05, 0.1) is 11.7 Å². The summed E-state index contributed by atoms with van der Waals surface area (Å²) in [4.78, 5) is 2.21. The number of nitrogens with zero attached hydrogens (tertiary/aromatic N) is 3. The summed E-state index contributed by atoms with van der Waals surface area (Å²) in [7, 11) is 1.92. The number of aromatic nitrogens is 3. The molecule has 1 aliphatic heterocycles. The van der Waals surface area contributed by atoms with Crippen LogP contribution in [0.15, 0.2) is 0 Å². The predicted molar refractivity (Wildman–Crippen MR) is 65.2 cm³/mol. The van der Waals surface area contributed by atoms with E-state index in [1.807, 2.05) is 11.6 Å². The van der Waals surface area contributed by atoms with E-state index in [1.165, 1.54) is 0 Å². The third kappa shape index (κ3) is 2.12. The van der Waals surface area contributed by atoms with Crippen molar-refractivity contribution in [2.75, 3.05) is 18.0 Å². The van der Waals surface area contributed by atoms with Crippen molar-refractivity contribution < 1.29 is 4.74 Å². The summed E-state index contributed by atoms with van der Waals surface area (Å²) in [5, 5.41) is 7.06. The number of H-pyrrole nitrogens is 1. The van der Waals surface area contributed by atoms with Crippen LogP contribution < -0.4 is 4.90 Å². The third-order valence-electron chi connectivity index (χ3n) is 2.71. The number of ether oxygens (including phenoxy) is 1. The summed E-state index contributed by atoms with van der Waals surface area (Å²) in [6.07, 6.45) is 0.203. The molecule has 6 heteroatoms. The SMILES string of the molecule is CC1CN(c2n[nH]c(=S)n2C)CC(C)(C)O1. The van der Waals surface area contributed by atoms with Crippen molar-refractivity contribution in [3.05, 3.63) is 4.77 Å². The van der Waals surface area contributed by atoms with E-state index in [4.69, 9.17) is 17.0 Å². The van der Waals surface area contributed by atoms with Crippen molar-refractivity contribution in [2.45, 2.75) is 32.5 Å². The molecule has 5 nitrogen and oxygen atoms in total. The Hall–Kier alpha value is -0.880. The van der Waals surface area contributed by atoms with Gasteiger partial charge in [0.2, 0.25) is 5.95 Å². The van der Waals surface area contributed by atoms with Gasteiger partial charge in [0.1, 0.15) is 0 Å². The van der Waals surface area contributed by atoms with Crippen molar-refractivity contribution in [1.82, 2.24) is 14.8 Å². The van der Waals surface area contributed by atoms with Crippen molar-refractivity contribution in [1.29, 1.82) is 0 Å². The Balaban J connectivity index is 2.28. The van der Waals surface area contributed by atoms with Crippen LogP contribution in [0.5, 0.6) is 0 Å². The van der Waals surface area contributed by atoms with E-state index in [9.17, 15) is 0 Å². The Morgan fingerprint density at radius 1 is 1.56 bits per heavy atom. The Morgan fingerprint density at radius 3 is 2.75 bits per heavy atom. The maximum atomic E-state index is 5.86. The molecule has 0 amide bonds. The van der Waals surface area contributed by atoms with E-state index < -0.39 is 0 Å². The summed E-state index contributed by atoms with van der Waals surface area (Å²) in [5.41, 5.74) is -0.148. The summed E-state index contributed by atoms with van der Waals surface area (Å²) in [6, 6.07) is 0. The van der Waals surface area contributed by atoms with Gasteiger partial charge in [-0.25, -0.2) is 5.10 Å². The van der Waals surface area contributed by atoms with Crippen LogP contribution in [0.4, 0.5) is 5.95 Å². The zero-order chi connectivity index (χ0) is 11.9. The van der Waals surface area contributed by atoms with Gasteiger partial charge >= 0.3 is 0 Å². The molecule has 1 atom stereocenters. The minimum atomic E-state index is -0.148. The molecule has 0 bridgehead atoms. The Labute approximate surface area is 100 Å². The fourth-order valence-corrected chi connectivity index (χ4v) is 2.35. The topological polar surface area (TPSA) is 46.1 Å². The van der Waals surface area contributed by atoms with Crippen LogP contribution in [-0.4, -0.2) is 39.6 Å². The number of aromatic amines is 1. The zero-order valence-electron chi connectivity index (χ0n) is 10.1. The van der Waals surface area contributed by atoms with Gasteiger partial charge in [-0.05, 0) is 33.0 Å². The van der Waals surface area contributed by atoms with Crippen molar-refractivity contribution >= 4 is 18.2 Å². The molecular formula is C10H18N4OS. The molecule has 1 aromatic rings. The van der Waals surface area contributed by atoms with Crippen LogP contribution in [0.3, 0.4) is 0 Å². The highest BCUT2D eigenvalue weighted by Crippen LogP contribution is 2.24. The number of hydrogen-bond acceptors (Lipinski definition) is 4. The summed E-state index contributed by atoms with van der Waals surface area (Å²) in [6.45, 7) is 7.94. The molecule has 2 rings (SSSR count). The molecule has 1 fully saturated rings. The lowest BCUT2D eigenvalue weighted by atomic mass is 10.1. The smallest absolute Gasteiger partial charge is 0.225 e. The van der Waals surface area contributed by atoms with Crippen molar-refractivity contribution in [2.24, 2.45) is 7.05 Å². The Bertz CT molecular complexity index is 436. The minimum absolute atomic E-state index is 0.148. The van der Waals surface area contributed by atoms with Gasteiger partial charge < -0.3 is 9.64 Å². The van der Waals surface area contributed by atoms with Gasteiger partial charge in [0.15, 0.2) is 4.77 Å². The Morgan fingerprint density at radius 2 is 2.25 bits per heavy atom. The van der Waals surface area contributed by atoms with Crippen LogP contribution in [0.25, 0.3) is 0 Å². The van der Waals surface area contributed by atoms with Crippen LogP contribution in [0, 0.1) is 4.77 Å².